The van der Waals surface area contributed by atoms with Gasteiger partial charge in [0.2, 0.25) is 5.91 Å². The molecule has 0 aliphatic rings. The van der Waals surface area contributed by atoms with Crippen LogP contribution in [-0.2, 0) is 4.79 Å². The third kappa shape index (κ3) is 6.93. The van der Waals surface area contributed by atoms with Gasteiger partial charge in [0, 0.05) is 30.3 Å². The molecule has 0 aliphatic heterocycles. The number of urea groups is 1. The number of carbonyl (C=O) groups excluding carboxylic acids is 4. The van der Waals surface area contributed by atoms with Gasteiger partial charge in [0.15, 0.2) is 0 Å². The van der Waals surface area contributed by atoms with Crippen LogP contribution in [0.5, 0.6) is 0 Å². The van der Waals surface area contributed by atoms with Gasteiger partial charge in [-0.3, -0.25) is 14.4 Å². The molecule has 158 valence electrons. The van der Waals surface area contributed by atoms with E-state index in [0.29, 0.717) is 16.9 Å². The van der Waals surface area contributed by atoms with Crippen molar-refractivity contribution in [1.82, 2.24) is 10.6 Å². The fourth-order valence-electron chi connectivity index (χ4n) is 2.51. The van der Waals surface area contributed by atoms with Crippen LogP contribution >= 0.6 is 0 Å². The van der Waals surface area contributed by atoms with E-state index < -0.39 is 17.7 Å². The fraction of sp³-hybridized carbons (Fsp3) is 0.238. The van der Waals surface area contributed by atoms with Crippen LogP contribution in [0.1, 0.15) is 41.0 Å². The molecular weight excluding hydrogens is 386 g/mol. The van der Waals surface area contributed by atoms with E-state index >= 15 is 0 Å². The topological polar surface area (TPSA) is 142 Å². The highest BCUT2D eigenvalue weighted by molar-refractivity contribution is 6.09. The van der Waals surface area contributed by atoms with Crippen LogP contribution in [0.2, 0.25) is 0 Å². The lowest BCUT2D eigenvalue weighted by Crippen LogP contribution is -2.34. The van der Waals surface area contributed by atoms with Gasteiger partial charge in [-0.1, -0.05) is 12.1 Å². The molecule has 0 fully saturated rings. The Kier molecular flexibility index (Phi) is 7.92. The largest absolute Gasteiger partial charge is 0.370 e. The van der Waals surface area contributed by atoms with Crippen molar-refractivity contribution >= 4 is 35.1 Å². The standard InChI is InChI=1S/C21H25N5O4/c1-13(2)24-21(30)25-15-9-7-14(8-10-15)19(28)26-17-6-4-3-5-16(17)20(29)23-12-11-18(22)27/h3-10,13H,11-12H2,1-2H3,(H2,22,27)(H,23,29)(H,26,28)(H2,24,25,30). The summed E-state index contributed by atoms with van der Waals surface area (Å²) in [5.41, 5.74) is 6.55. The molecule has 0 spiro atoms. The van der Waals surface area contributed by atoms with Gasteiger partial charge in [-0.05, 0) is 50.2 Å². The molecule has 2 aromatic rings. The normalized spacial score (nSPS) is 10.2. The fourth-order valence-corrected chi connectivity index (χ4v) is 2.51. The number of primary amides is 1. The first kappa shape index (κ1) is 22.4. The zero-order chi connectivity index (χ0) is 22.1. The van der Waals surface area contributed by atoms with E-state index in [1.165, 1.54) is 0 Å². The maximum atomic E-state index is 12.6. The molecule has 9 nitrogen and oxygen atoms in total. The molecule has 0 unspecified atom stereocenters. The van der Waals surface area contributed by atoms with Gasteiger partial charge < -0.3 is 27.0 Å². The lowest BCUT2D eigenvalue weighted by atomic mass is 10.1. The average molecular weight is 411 g/mol. The molecule has 0 aliphatic carbocycles. The van der Waals surface area contributed by atoms with Crippen molar-refractivity contribution in [1.29, 1.82) is 0 Å². The van der Waals surface area contributed by atoms with Crippen LogP contribution in [0.4, 0.5) is 16.2 Å². The zero-order valence-corrected chi connectivity index (χ0v) is 16.8. The van der Waals surface area contributed by atoms with E-state index in [-0.39, 0.29) is 30.6 Å². The number of nitrogens with two attached hydrogens (primary N) is 1. The van der Waals surface area contributed by atoms with Crippen molar-refractivity contribution in [3.63, 3.8) is 0 Å². The number of benzene rings is 2. The van der Waals surface area contributed by atoms with Crippen molar-refractivity contribution in [3.05, 3.63) is 59.7 Å². The highest BCUT2D eigenvalue weighted by atomic mass is 16.2. The predicted octanol–water partition coefficient (Wildman–Crippen LogP) is 2.07. The monoisotopic (exact) mass is 411 g/mol. The minimum absolute atomic E-state index is 0.00288. The smallest absolute Gasteiger partial charge is 0.319 e. The van der Waals surface area contributed by atoms with Gasteiger partial charge in [-0.25, -0.2) is 4.79 Å². The van der Waals surface area contributed by atoms with Gasteiger partial charge in [0.05, 0.1) is 11.3 Å². The van der Waals surface area contributed by atoms with Gasteiger partial charge >= 0.3 is 6.03 Å². The van der Waals surface area contributed by atoms with Crippen LogP contribution in [0, 0.1) is 0 Å². The Morgan fingerprint density at radius 1 is 0.900 bits per heavy atom. The SMILES string of the molecule is CC(C)NC(=O)Nc1ccc(C(=O)Nc2ccccc2C(=O)NCCC(N)=O)cc1. The summed E-state index contributed by atoms with van der Waals surface area (Å²) in [7, 11) is 0. The minimum atomic E-state index is -0.517. The lowest BCUT2D eigenvalue weighted by Gasteiger charge is -2.12. The van der Waals surface area contributed by atoms with E-state index in [9.17, 15) is 19.2 Å². The summed E-state index contributed by atoms with van der Waals surface area (Å²) in [5.74, 6) is -1.36. The molecule has 2 aromatic carbocycles. The second-order valence-electron chi connectivity index (χ2n) is 6.80. The van der Waals surface area contributed by atoms with Crippen molar-refractivity contribution in [3.8, 4) is 0 Å². The maximum Gasteiger partial charge on any atom is 0.319 e. The van der Waals surface area contributed by atoms with Crippen molar-refractivity contribution in [2.24, 2.45) is 5.73 Å². The first-order valence-electron chi connectivity index (χ1n) is 9.40. The Morgan fingerprint density at radius 2 is 1.57 bits per heavy atom. The summed E-state index contributed by atoms with van der Waals surface area (Å²) in [4.78, 5) is 47.4. The summed E-state index contributed by atoms with van der Waals surface area (Å²) in [6, 6.07) is 12.5. The number of anilines is 2. The molecule has 5 amide bonds. The summed E-state index contributed by atoms with van der Waals surface area (Å²) in [6.07, 6.45) is 0.0237. The minimum Gasteiger partial charge on any atom is -0.370 e. The molecule has 0 bridgehead atoms. The zero-order valence-electron chi connectivity index (χ0n) is 16.8. The first-order chi connectivity index (χ1) is 14.3. The quantitative estimate of drug-likeness (QED) is 0.453. The number of nitrogens with one attached hydrogen (secondary N) is 4. The second kappa shape index (κ2) is 10.6. The summed E-state index contributed by atoms with van der Waals surface area (Å²) in [5, 5.41) is 10.7. The van der Waals surface area contributed by atoms with E-state index in [2.05, 4.69) is 21.3 Å². The van der Waals surface area contributed by atoms with Crippen molar-refractivity contribution in [2.45, 2.75) is 26.3 Å². The number of hydrogen-bond donors (Lipinski definition) is 5. The van der Waals surface area contributed by atoms with Gasteiger partial charge in [-0.2, -0.15) is 0 Å². The molecule has 0 atom stereocenters. The van der Waals surface area contributed by atoms with Crippen LogP contribution in [0.25, 0.3) is 0 Å². The third-order valence-corrected chi connectivity index (χ3v) is 3.90. The van der Waals surface area contributed by atoms with Crippen molar-refractivity contribution < 1.29 is 19.2 Å². The van der Waals surface area contributed by atoms with Crippen molar-refractivity contribution in [2.75, 3.05) is 17.2 Å². The summed E-state index contributed by atoms with van der Waals surface area (Å²) >= 11 is 0. The van der Waals surface area contributed by atoms with Gasteiger partial charge in [-0.15, -0.1) is 0 Å². The molecular formula is C21H25N5O4. The maximum absolute atomic E-state index is 12.6. The van der Waals surface area contributed by atoms with Crippen LogP contribution in [0.3, 0.4) is 0 Å². The Hall–Kier alpha value is -3.88. The van der Waals surface area contributed by atoms with Crippen LogP contribution in [-0.4, -0.2) is 36.3 Å². The number of amides is 5. The van der Waals surface area contributed by atoms with E-state index in [4.69, 9.17) is 5.73 Å². The molecule has 9 heteroatoms. The highest BCUT2D eigenvalue weighted by Crippen LogP contribution is 2.17. The number of hydrogen-bond acceptors (Lipinski definition) is 4. The number of carbonyl (C=O) groups is 4. The molecule has 30 heavy (non-hydrogen) atoms. The molecule has 0 aromatic heterocycles. The Labute approximate surface area is 174 Å². The lowest BCUT2D eigenvalue weighted by molar-refractivity contribution is -0.117. The third-order valence-electron chi connectivity index (χ3n) is 3.90. The molecule has 0 saturated heterocycles. The van der Waals surface area contributed by atoms with Gasteiger partial charge in [0.25, 0.3) is 11.8 Å². The molecule has 0 radical (unpaired) electrons. The highest BCUT2D eigenvalue weighted by Gasteiger charge is 2.14. The molecule has 6 N–H and O–H groups in total. The average Bonchev–Trinajstić information content (AvgIpc) is 2.67. The van der Waals surface area contributed by atoms with E-state index in [1.807, 2.05) is 13.8 Å². The second-order valence-corrected chi connectivity index (χ2v) is 6.80. The van der Waals surface area contributed by atoms with Crippen LogP contribution in [0.15, 0.2) is 48.5 Å². The number of para-hydroxylation sites is 1. The Bertz CT molecular complexity index is 925. The summed E-state index contributed by atoms with van der Waals surface area (Å²) in [6.45, 7) is 3.81. The molecule has 0 heterocycles. The van der Waals surface area contributed by atoms with Gasteiger partial charge in [0.1, 0.15) is 0 Å². The first-order valence-corrected chi connectivity index (χ1v) is 9.40. The summed E-state index contributed by atoms with van der Waals surface area (Å²) < 4.78 is 0. The van der Waals surface area contributed by atoms with E-state index in [0.717, 1.165) is 0 Å². The molecule has 0 saturated carbocycles. The predicted molar refractivity (Wildman–Crippen MR) is 114 cm³/mol. The molecule has 2 rings (SSSR count). The number of rotatable bonds is 8. The van der Waals surface area contributed by atoms with Crippen LogP contribution < -0.4 is 27.0 Å². The van der Waals surface area contributed by atoms with E-state index in [1.54, 1.807) is 48.5 Å². The Balaban J connectivity index is 2.03. The Morgan fingerprint density at radius 3 is 2.20 bits per heavy atom.